The molecule has 2 rings (SSSR count). The van der Waals surface area contributed by atoms with E-state index >= 15 is 0 Å². The van der Waals surface area contributed by atoms with Gasteiger partial charge in [0.25, 0.3) is 0 Å². The Morgan fingerprint density at radius 3 is 2.00 bits per heavy atom. The van der Waals surface area contributed by atoms with Crippen LogP contribution < -0.4 is 34.0 Å². The van der Waals surface area contributed by atoms with Gasteiger partial charge in [-0.15, -0.1) is 0 Å². The van der Waals surface area contributed by atoms with Crippen molar-refractivity contribution in [2.75, 3.05) is 0 Å². The molecule has 0 spiro atoms. The Hall–Kier alpha value is 0.283. The Bertz CT molecular complexity index is 382. The summed E-state index contributed by atoms with van der Waals surface area (Å²) in [6.07, 6.45) is 0. The van der Waals surface area contributed by atoms with Crippen molar-refractivity contribution >= 4 is 10.8 Å². The molecule has 0 atom stereocenters. The van der Waals surface area contributed by atoms with Crippen LogP contribution in [0.25, 0.3) is 10.8 Å². The smallest absolute Gasteiger partial charge is 1.00 e. The predicted molar refractivity (Wildman–Crippen MR) is 48.7 cm³/mol. The van der Waals surface area contributed by atoms with Crippen LogP contribution in [0.1, 0.15) is 5.56 Å². The molecule has 76 valence electrons. The van der Waals surface area contributed by atoms with Crippen molar-refractivity contribution < 1.29 is 53.4 Å². The fraction of sp³-hybridized carbons (Fsp3) is 0.0909. The van der Waals surface area contributed by atoms with Crippen LogP contribution in [0, 0.1) is 6.92 Å². The van der Waals surface area contributed by atoms with Gasteiger partial charge in [0.2, 0.25) is 0 Å². The quantitative estimate of drug-likeness (QED) is 0.416. The molecular weight excluding hydrogens is 393 g/mol. The molecule has 0 saturated heterocycles. The topological polar surface area (TPSA) is 0 Å². The van der Waals surface area contributed by atoms with Gasteiger partial charge in [-0.1, -0.05) is 42.5 Å². The summed E-state index contributed by atoms with van der Waals surface area (Å²) in [4.78, 5) is 0. The monoisotopic (exact) mass is 402 g/mol. The van der Waals surface area contributed by atoms with E-state index in [9.17, 15) is 0 Å². The number of halogens is 2. The number of rotatable bonds is 0. The second-order valence-corrected chi connectivity index (χ2v) is 2.80. The Morgan fingerprint density at radius 2 is 1.36 bits per heavy atom. The van der Waals surface area contributed by atoms with Crippen molar-refractivity contribution in [1.82, 2.24) is 0 Å². The van der Waals surface area contributed by atoms with Crippen LogP contribution >= 0.6 is 0 Å². The zero-order chi connectivity index (χ0) is 7.68. The van der Waals surface area contributed by atoms with Gasteiger partial charge in [0, 0.05) is 0 Å². The Kier molecular flexibility index (Phi) is 9.02. The predicted octanol–water partition coefficient (Wildman–Crippen LogP) is -2.85. The van der Waals surface area contributed by atoms with Gasteiger partial charge in [0.1, 0.15) is 0 Å². The van der Waals surface area contributed by atoms with Crippen LogP contribution in [0.2, 0.25) is 0 Å². The third kappa shape index (κ3) is 3.45. The third-order valence-electron chi connectivity index (χ3n) is 2.01. The maximum absolute atomic E-state index is 2.16. The van der Waals surface area contributed by atoms with Crippen molar-refractivity contribution in [3.63, 3.8) is 0 Å². The summed E-state index contributed by atoms with van der Waals surface area (Å²) in [5.74, 6) is 0. The minimum absolute atomic E-state index is 0. The summed E-state index contributed by atoms with van der Waals surface area (Å²) >= 11 is 0. The van der Waals surface area contributed by atoms with E-state index in [1.807, 2.05) is 0 Å². The van der Waals surface area contributed by atoms with Gasteiger partial charge in [-0.05, 0) is 23.3 Å². The van der Waals surface area contributed by atoms with Crippen LogP contribution in [0.5, 0.6) is 0 Å². The van der Waals surface area contributed by atoms with Crippen molar-refractivity contribution in [2.24, 2.45) is 0 Å². The van der Waals surface area contributed by atoms with Gasteiger partial charge in [-0.3, -0.25) is 0 Å². The first kappa shape index (κ1) is 16.7. The molecule has 0 aliphatic rings. The van der Waals surface area contributed by atoms with Crippen LogP contribution in [0.4, 0.5) is 0 Å². The summed E-state index contributed by atoms with van der Waals surface area (Å²) < 4.78 is 0. The molecule has 0 saturated carbocycles. The van der Waals surface area contributed by atoms with Crippen LogP contribution in [-0.4, -0.2) is 0 Å². The summed E-state index contributed by atoms with van der Waals surface area (Å²) in [5, 5.41) is 2.68. The summed E-state index contributed by atoms with van der Waals surface area (Å²) in [7, 11) is 0. The number of aryl methyl sites for hydroxylation is 1. The molecule has 0 aliphatic heterocycles. The molecule has 2 aromatic rings. The standard InChI is InChI=1S/C11H10.2BrH.Ru/c1-9-5-4-7-10-6-2-3-8-11(9)10;;;/h2-8H,1H3;2*1H;/q;;;+2/p-2. The fourth-order valence-corrected chi connectivity index (χ4v) is 1.39. The first-order chi connectivity index (χ1) is 5.38. The van der Waals surface area contributed by atoms with Crippen LogP contribution in [0.15, 0.2) is 42.5 Å². The van der Waals surface area contributed by atoms with E-state index in [4.69, 9.17) is 0 Å². The average Bonchev–Trinajstić information content (AvgIpc) is 2.06. The van der Waals surface area contributed by atoms with E-state index in [0.29, 0.717) is 0 Å². The molecule has 0 fully saturated rings. The van der Waals surface area contributed by atoms with Crippen molar-refractivity contribution in [1.29, 1.82) is 0 Å². The molecule has 14 heavy (non-hydrogen) atoms. The second kappa shape index (κ2) is 7.56. The molecule has 0 aromatic heterocycles. The first-order valence-electron chi connectivity index (χ1n) is 3.82. The maximum Gasteiger partial charge on any atom is 2.00 e. The largest absolute Gasteiger partial charge is 2.00 e. The van der Waals surface area contributed by atoms with Crippen molar-refractivity contribution in [3.05, 3.63) is 48.0 Å². The second-order valence-electron chi connectivity index (χ2n) is 2.80. The van der Waals surface area contributed by atoms with E-state index in [-0.39, 0.29) is 53.4 Å². The summed E-state index contributed by atoms with van der Waals surface area (Å²) in [6.45, 7) is 2.14. The zero-order valence-corrected chi connectivity index (χ0v) is 12.6. The van der Waals surface area contributed by atoms with Gasteiger partial charge >= 0.3 is 19.5 Å². The van der Waals surface area contributed by atoms with E-state index in [2.05, 4.69) is 49.4 Å². The Labute approximate surface area is 118 Å². The number of hydrogen-bond acceptors (Lipinski definition) is 0. The normalized spacial score (nSPS) is 8.07. The maximum atomic E-state index is 2.16. The van der Waals surface area contributed by atoms with Gasteiger partial charge in [-0.2, -0.15) is 0 Å². The Balaban J connectivity index is 0. The van der Waals surface area contributed by atoms with E-state index in [1.54, 1.807) is 0 Å². The fourth-order valence-electron chi connectivity index (χ4n) is 1.39. The minimum atomic E-state index is 0. The molecule has 0 bridgehead atoms. The zero-order valence-electron chi connectivity index (χ0n) is 7.65. The van der Waals surface area contributed by atoms with E-state index < -0.39 is 0 Å². The molecule has 0 nitrogen and oxygen atoms in total. The molecule has 2 aromatic carbocycles. The van der Waals surface area contributed by atoms with Crippen molar-refractivity contribution in [3.8, 4) is 0 Å². The molecule has 0 amide bonds. The van der Waals surface area contributed by atoms with Crippen LogP contribution in [0.3, 0.4) is 0 Å². The van der Waals surface area contributed by atoms with Crippen molar-refractivity contribution in [2.45, 2.75) is 6.92 Å². The average molecular weight is 403 g/mol. The molecule has 0 N–H and O–H groups in total. The summed E-state index contributed by atoms with van der Waals surface area (Å²) in [6, 6.07) is 14.8. The molecule has 0 radical (unpaired) electrons. The SMILES string of the molecule is Cc1cccc2ccccc12.[Br-].[Br-].[Ru+2]. The number of benzene rings is 2. The van der Waals surface area contributed by atoms with E-state index in [1.165, 1.54) is 16.3 Å². The minimum Gasteiger partial charge on any atom is -1.00 e. The third-order valence-corrected chi connectivity index (χ3v) is 2.01. The van der Waals surface area contributed by atoms with Gasteiger partial charge in [-0.25, -0.2) is 0 Å². The van der Waals surface area contributed by atoms with E-state index in [0.717, 1.165) is 0 Å². The molecule has 0 aliphatic carbocycles. The molecule has 3 heteroatoms. The van der Waals surface area contributed by atoms with Gasteiger partial charge in [0.15, 0.2) is 0 Å². The Morgan fingerprint density at radius 1 is 0.786 bits per heavy atom. The number of fused-ring (bicyclic) bond motifs is 1. The van der Waals surface area contributed by atoms with Gasteiger partial charge < -0.3 is 34.0 Å². The number of hydrogen-bond donors (Lipinski definition) is 0. The summed E-state index contributed by atoms with van der Waals surface area (Å²) in [5.41, 5.74) is 1.35. The van der Waals surface area contributed by atoms with Crippen LogP contribution in [-0.2, 0) is 19.5 Å². The molecular formula is C11H10Br2Ru. The molecule has 0 unspecified atom stereocenters. The first-order valence-corrected chi connectivity index (χ1v) is 3.82. The van der Waals surface area contributed by atoms with Gasteiger partial charge in [0.05, 0.1) is 0 Å². The molecule has 0 heterocycles.